The van der Waals surface area contributed by atoms with Crippen LogP contribution in [0.1, 0.15) is 0 Å². The van der Waals surface area contributed by atoms with Gasteiger partial charge in [0.1, 0.15) is 5.82 Å². The van der Waals surface area contributed by atoms with Crippen molar-refractivity contribution in [2.75, 3.05) is 5.73 Å². The molecule has 94 valence electrons. The van der Waals surface area contributed by atoms with Crippen LogP contribution >= 0.6 is 0 Å². The molecule has 0 spiro atoms. The third-order valence-corrected chi connectivity index (χ3v) is 2.59. The highest BCUT2D eigenvalue weighted by atomic mass is 19.1. The van der Waals surface area contributed by atoms with Gasteiger partial charge in [-0.1, -0.05) is 5.16 Å². The number of hydrogen-bond donors (Lipinski definition) is 1. The lowest BCUT2D eigenvalue weighted by Crippen LogP contribution is -1.90. The Bertz CT molecular complexity index is 712. The largest absolute Gasteiger partial charge is 0.396 e. The van der Waals surface area contributed by atoms with Crippen molar-refractivity contribution in [3.63, 3.8) is 0 Å². The lowest BCUT2D eigenvalue weighted by molar-refractivity contribution is 0.432. The fourth-order valence-corrected chi connectivity index (χ4v) is 1.63. The van der Waals surface area contributed by atoms with E-state index in [1.807, 2.05) is 6.07 Å². The molecule has 0 aliphatic carbocycles. The van der Waals surface area contributed by atoms with Crippen LogP contribution < -0.4 is 5.73 Å². The number of rotatable bonds is 2. The molecule has 5 nitrogen and oxygen atoms in total. The van der Waals surface area contributed by atoms with Crippen LogP contribution in [0.15, 0.2) is 47.2 Å². The second-order valence-corrected chi connectivity index (χ2v) is 3.90. The Balaban J connectivity index is 1.99. The highest BCUT2D eigenvalue weighted by Crippen LogP contribution is 2.24. The number of halogens is 1. The topological polar surface area (TPSA) is 77.8 Å². The standard InChI is InChI=1S/C13H9FN4O/c14-10-4-3-8(6-11(10)15)13-17-12(18-19-13)9-2-1-5-16-7-9/h1-7H,15H2. The number of hydrogen-bond acceptors (Lipinski definition) is 5. The minimum absolute atomic E-state index is 0.0404. The molecule has 0 saturated heterocycles. The van der Waals surface area contributed by atoms with Gasteiger partial charge in [0.2, 0.25) is 5.82 Å². The third-order valence-electron chi connectivity index (χ3n) is 2.59. The monoisotopic (exact) mass is 256 g/mol. The molecule has 3 rings (SSSR count). The van der Waals surface area contributed by atoms with Gasteiger partial charge in [-0.3, -0.25) is 4.98 Å². The molecule has 0 fully saturated rings. The smallest absolute Gasteiger partial charge is 0.258 e. The summed E-state index contributed by atoms with van der Waals surface area (Å²) in [5, 5.41) is 3.85. The van der Waals surface area contributed by atoms with Crippen molar-refractivity contribution in [2.24, 2.45) is 0 Å². The molecule has 2 heterocycles. The summed E-state index contributed by atoms with van der Waals surface area (Å²) in [5.41, 5.74) is 6.86. The van der Waals surface area contributed by atoms with Crippen LogP contribution in [0.2, 0.25) is 0 Å². The number of nitrogen functional groups attached to an aromatic ring is 1. The van der Waals surface area contributed by atoms with Gasteiger partial charge in [0.05, 0.1) is 5.69 Å². The van der Waals surface area contributed by atoms with Gasteiger partial charge >= 0.3 is 0 Å². The van der Waals surface area contributed by atoms with E-state index in [1.54, 1.807) is 18.5 Å². The van der Waals surface area contributed by atoms with Gasteiger partial charge in [-0.25, -0.2) is 4.39 Å². The minimum Gasteiger partial charge on any atom is -0.396 e. The average molecular weight is 256 g/mol. The van der Waals surface area contributed by atoms with E-state index in [0.29, 0.717) is 11.4 Å². The van der Waals surface area contributed by atoms with Crippen molar-refractivity contribution in [1.82, 2.24) is 15.1 Å². The Morgan fingerprint density at radius 2 is 2.05 bits per heavy atom. The summed E-state index contributed by atoms with van der Waals surface area (Å²) in [5.74, 6) is 0.229. The molecule has 0 amide bonds. The average Bonchev–Trinajstić information content (AvgIpc) is 2.93. The molecule has 0 unspecified atom stereocenters. The van der Waals surface area contributed by atoms with Crippen LogP contribution in [0.4, 0.5) is 10.1 Å². The zero-order valence-electron chi connectivity index (χ0n) is 9.75. The van der Waals surface area contributed by atoms with Crippen molar-refractivity contribution in [2.45, 2.75) is 0 Å². The number of pyridine rings is 1. The van der Waals surface area contributed by atoms with Gasteiger partial charge in [-0.15, -0.1) is 0 Å². The van der Waals surface area contributed by atoms with Crippen molar-refractivity contribution < 1.29 is 8.91 Å². The summed E-state index contributed by atoms with van der Waals surface area (Å²) in [6.07, 6.45) is 3.29. The summed E-state index contributed by atoms with van der Waals surface area (Å²) in [6.45, 7) is 0. The summed E-state index contributed by atoms with van der Waals surface area (Å²) in [4.78, 5) is 8.20. The molecule has 3 aromatic rings. The van der Waals surface area contributed by atoms with Crippen LogP contribution in [0.3, 0.4) is 0 Å². The number of nitrogens with zero attached hydrogens (tertiary/aromatic N) is 3. The fourth-order valence-electron chi connectivity index (χ4n) is 1.63. The first-order valence-corrected chi connectivity index (χ1v) is 5.53. The van der Waals surface area contributed by atoms with E-state index in [9.17, 15) is 4.39 Å². The van der Waals surface area contributed by atoms with Crippen LogP contribution in [0.5, 0.6) is 0 Å². The van der Waals surface area contributed by atoms with Crippen molar-refractivity contribution in [3.05, 3.63) is 48.5 Å². The lowest BCUT2D eigenvalue weighted by atomic mass is 10.2. The van der Waals surface area contributed by atoms with E-state index in [2.05, 4.69) is 15.1 Å². The van der Waals surface area contributed by atoms with Crippen molar-refractivity contribution in [3.8, 4) is 22.8 Å². The number of aromatic nitrogens is 3. The molecule has 0 bridgehead atoms. The van der Waals surface area contributed by atoms with E-state index >= 15 is 0 Å². The Kier molecular flexibility index (Phi) is 2.68. The normalized spacial score (nSPS) is 10.6. The summed E-state index contributed by atoms with van der Waals surface area (Å²) in [6, 6.07) is 7.85. The van der Waals surface area contributed by atoms with E-state index in [-0.39, 0.29) is 11.6 Å². The fraction of sp³-hybridized carbons (Fsp3) is 0. The van der Waals surface area contributed by atoms with Gasteiger partial charge in [0.25, 0.3) is 5.89 Å². The molecular formula is C13H9FN4O. The van der Waals surface area contributed by atoms with Crippen LogP contribution in [0.25, 0.3) is 22.8 Å². The molecule has 19 heavy (non-hydrogen) atoms. The van der Waals surface area contributed by atoms with Crippen LogP contribution in [-0.2, 0) is 0 Å². The quantitative estimate of drug-likeness (QED) is 0.713. The molecule has 0 saturated carbocycles. The third kappa shape index (κ3) is 2.15. The molecule has 0 aliphatic heterocycles. The molecule has 6 heteroatoms. The molecule has 0 aliphatic rings. The van der Waals surface area contributed by atoms with E-state index < -0.39 is 5.82 Å². The van der Waals surface area contributed by atoms with Gasteiger partial charge in [0, 0.05) is 23.5 Å². The number of benzene rings is 1. The highest BCUT2D eigenvalue weighted by molar-refractivity contribution is 5.62. The zero-order chi connectivity index (χ0) is 13.2. The van der Waals surface area contributed by atoms with Crippen molar-refractivity contribution >= 4 is 5.69 Å². The minimum atomic E-state index is -0.476. The molecule has 0 atom stereocenters. The first-order chi connectivity index (χ1) is 9.24. The molecule has 1 aromatic carbocycles. The molecule has 0 radical (unpaired) electrons. The first kappa shape index (κ1) is 11.3. The van der Waals surface area contributed by atoms with Gasteiger partial charge in [0.15, 0.2) is 0 Å². The van der Waals surface area contributed by atoms with Gasteiger partial charge in [-0.05, 0) is 30.3 Å². The van der Waals surface area contributed by atoms with E-state index in [1.165, 1.54) is 18.2 Å². The highest BCUT2D eigenvalue weighted by Gasteiger charge is 2.11. The predicted octanol–water partition coefficient (Wildman–Crippen LogP) is 2.52. The number of nitrogens with two attached hydrogens (primary N) is 1. The Morgan fingerprint density at radius 1 is 1.16 bits per heavy atom. The zero-order valence-corrected chi connectivity index (χ0v) is 9.75. The van der Waals surface area contributed by atoms with Crippen LogP contribution in [0, 0.1) is 5.82 Å². The summed E-state index contributed by atoms with van der Waals surface area (Å²) < 4.78 is 18.2. The molecule has 2 N–H and O–H groups in total. The second-order valence-electron chi connectivity index (χ2n) is 3.90. The Hall–Kier alpha value is -2.76. The maximum atomic E-state index is 13.1. The van der Waals surface area contributed by atoms with Gasteiger partial charge in [-0.2, -0.15) is 4.98 Å². The Labute approximate surface area is 107 Å². The molecule has 2 aromatic heterocycles. The van der Waals surface area contributed by atoms with Crippen molar-refractivity contribution in [1.29, 1.82) is 0 Å². The van der Waals surface area contributed by atoms with E-state index in [4.69, 9.17) is 10.3 Å². The molecular weight excluding hydrogens is 247 g/mol. The lowest BCUT2D eigenvalue weighted by Gasteiger charge is -1.97. The van der Waals surface area contributed by atoms with Gasteiger partial charge < -0.3 is 10.3 Å². The maximum Gasteiger partial charge on any atom is 0.258 e. The SMILES string of the molecule is Nc1cc(-c2nc(-c3cccnc3)no2)ccc1F. The second kappa shape index (κ2) is 4.49. The van der Waals surface area contributed by atoms with E-state index in [0.717, 1.165) is 5.56 Å². The summed E-state index contributed by atoms with van der Waals surface area (Å²) in [7, 11) is 0. The summed E-state index contributed by atoms with van der Waals surface area (Å²) >= 11 is 0. The van der Waals surface area contributed by atoms with Crippen LogP contribution in [-0.4, -0.2) is 15.1 Å². The maximum absolute atomic E-state index is 13.1. The first-order valence-electron chi connectivity index (χ1n) is 5.53. The predicted molar refractivity (Wildman–Crippen MR) is 67.3 cm³/mol. The Morgan fingerprint density at radius 3 is 2.79 bits per heavy atom. The number of anilines is 1.